The maximum Gasteiger partial charge on any atom is 0.413 e. The summed E-state index contributed by atoms with van der Waals surface area (Å²) < 4.78 is 10.3. The number of fused-ring (bicyclic) bond motifs is 2. The van der Waals surface area contributed by atoms with Gasteiger partial charge in [0.15, 0.2) is 11.7 Å². The second-order valence-corrected chi connectivity index (χ2v) is 7.45. The largest absolute Gasteiger partial charge is 0.484 e. The molecule has 1 aliphatic heterocycles. The van der Waals surface area contributed by atoms with Crippen LogP contribution in [0.15, 0.2) is 42.5 Å². The van der Waals surface area contributed by atoms with Gasteiger partial charge >= 0.3 is 6.09 Å². The first-order valence-electron chi connectivity index (χ1n) is 8.85. The molecule has 7 nitrogen and oxygen atoms in total. The SMILES string of the molecule is COC(=O)Nc1nc2c(s1)CN(C(=O)COc1ccc3ccccc3c1)CC2. The van der Waals surface area contributed by atoms with Crippen molar-refractivity contribution < 1.29 is 19.1 Å². The molecule has 8 heteroatoms. The number of hydrogen-bond donors (Lipinski definition) is 1. The number of hydrogen-bond acceptors (Lipinski definition) is 6. The van der Waals surface area contributed by atoms with E-state index in [1.54, 1.807) is 4.90 Å². The average Bonchev–Trinajstić information content (AvgIpc) is 3.13. The maximum atomic E-state index is 12.6. The molecule has 2 aromatic carbocycles. The molecule has 0 atom stereocenters. The Bertz CT molecular complexity index is 1030. The molecule has 0 saturated heterocycles. The second kappa shape index (κ2) is 7.85. The third-order valence-electron chi connectivity index (χ3n) is 4.56. The smallest absolute Gasteiger partial charge is 0.413 e. The van der Waals surface area contributed by atoms with Gasteiger partial charge in [-0.15, -0.1) is 0 Å². The molecule has 0 unspecified atom stereocenters. The minimum absolute atomic E-state index is 0.0141. The van der Waals surface area contributed by atoms with Crippen molar-refractivity contribution in [2.75, 3.05) is 25.6 Å². The first-order valence-corrected chi connectivity index (χ1v) is 9.67. The molecule has 0 aliphatic carbocycles. The van der Waals surface area contributed by atoms with Crippen molar-refractivity contribution in [1.29, 1.82) is 0 Å². The van der Waals surface area contributed by atoms with Crippen LogP contribution < -0.4 is 10.1 Å². The molecule has 0 bridgehead atoms. The van der Waals surface area contributed by atoms with E-state index in [0.717, 1.165) is 21.3 Å². The Morgan fingerprint density at radius 2 is 2.04 bits per heavy atom. The number of anilines is 1. The van der Waals surface area contributed by atoms with Gasteiger partial charge in [-0.2, -0.15) is 0 Å². The Kier molecular flexibility index (Phi) is 5.12. The number of benzene rings is 2. The first-order chi connectivity index (χ1) is 13.6. The third-order valence-corrected chi connectivity index (χ3v) is 5.56. The predicted molar refractivity (Wildman–Crippen MR) is 107 cm³/mol. The zero-order valence-electron chi connectivity index (χ0n) is 15.3. The lowest BCUT2D eigenvalue weighted by Gasteiger charge is -2.26. The number of nitrogens with zero attached hydrogens (tertiary/aromatic N) is 2. The van der Waals surface area contributed by atoms with E-state index in [0.29, 0.717) is 30.4 Å². The summed E-state index contributed by atoms with van der Waals surface area (Å²) in [6.45, 7) is 1.03. The van der Waals surface area contributed by atoms with Gasteiger partial charge in [-0.1, -0.05) is 41.7 Å². The van der Waals surface area contributed by atoms with Crippen LogP contribution in [0.1, 0.15) is 10.6 Å². The van der Waals surface area contributed by atoms with E-state index in [-0.39, 0.29) is 12.5 Å². The van der Waals surface area contributed by atoms with Gasteiger partial charge < -0.3 is 14.4 Å². The molecule has 3 aromatic rings. The van der Waals surface area contributed by atoms with E-state index in [2.05, 4.69) is 15.0 Å². The molecule has 0 saturated carbocycles. The lowest BCUT2D eigenvalue weighted by atomic mass is 10.1. The topological polar surface area (TPSA) is 80.8 Å². The molecule has 1 N–H and O–H groups in total. The molecule has 1 aromatic heterocycles. The molecule has 2 heterocycles. The highest BCUT2D eigenvalue weighted by atomic mass is 32.1. The van der Waals surface area contributed by atoms with Crippen molar-refractivity contribution in [3.05, 3.63) is 53.0 Å². The highest BCUT2D eigenvalue weighted by Gasteiger charge is 2.25. The monoisotopic (exact) mass is 397 g/mol. The summed E-state index contributed by atoms with van der Waals surface area (Å²) in [5.74, 6) is 0.599. The summed E-state index contributed by atoms with van der Waals surface area (Å²) in [7, 11) is 1.30. The number of ether oxygens (including phenoxy) is 2. The van der Waals surface area contributed by atoms with E-state index in [1.807, 2.05) is 42.5 Å². The highest BCUT2D eigenvalue weighted by Crippen LogP contribution is 2.28. The summed E-state index contributed by atoms with van der Waals surface area (Å²) in [6, 6.07) is 13.8. The quantitative estimate of drug-likeness (QED) is 0.729. The number of amides is 2. The van der Waals surface area contributed by atoms with E-state index >= 15 is 0 Å². The van der Waals surface area contributed by atoms with Crippen LogP contribution in [0, 0.1) is 0 Å². The summed E-state index contributed by atoms with van der Waals surface area (Å²) in [6.07, 6.45) is 0.0963. The Morgan fingerprint density at radius 1 is 1.21 bits per heavy atom. The lowest BCUT2D eigenvalue weighted by molar-refractivity contribution is -0.134. The zero-order valence-corrected chi connectivity index (χ0v) is 16.1. The van der Waals surface area contributed by atoms with E-state index in [9.17, 15) is 9.59 Å². The Labute approximate surface area is 165 Å². The molecular formula is C20H19N3O4S. The number of carbonyl (C=O) groups excluding carboxylic acids is 2. The second-order valence-electron chi connectivity index (χ2n) is 6.37. The van der Waals surface area contributed by atoms with Crippen LogP contribution in [0.4, 0.5) is 9.93 Å². The molecule has 144 valence electrons. The van der Waals surface area contributed by atoms with E-state index < -0.39 is 6.09 Å². The summed E-state index contributed by atoms with van der Waals surface area (Å²) in [5, 5.41) is 5.26. The van der Waals surface area contributed by atoms with Crippen molar-refractivity contribution >= 4 is 39.2 Å². The summed E-state index contributed by atoms with van der Waals surface area (Å²) in [4.78, 5) is 31.0. The average molecular weight is 397 g/mol. The van der Waals surface area contributed by atoms with Crippen LogP contribution in [0.25, 0.3) is 10.8 Å². The van der Waals surface area contributed by atoms with Gasteiger partial charge in [0.05, 0.1) is 19.3 Å². The van der Waals surface area contributed by atoms with Crippen molar-refractivity contribution in [3.63, 3.8) is 0 Å². The molecule has 2 amide bonds. The summed E-state index contributed by atoms with van der Waals surface area (Å²) in [5.41, 5.74) is 0.913. The van der Waals surface area contributed by atoms with Gasteiger partial charge in [0.2, 0.25) is 0 Å². The number of thiazole rings is 1. The maximum absolute atomic E-state index is 12.6. The van der Waals surface area contributed by atoms with E-state index in [1.165, 1.54) is 18.4 Å². The van der Waals surface area contributed by atoms with Gasteiger partial charge in [0.1, 0.15) is 5.75 Å². The fourth-order valence-corrected chi connectivity index (χ4v) is 4.10. The zero-order chi connectivity index (χ0) is 19.5. The molecule has 0 fully saturated rings. The highest BCUT2D eigenvalue weighted by molar-refractivity contribution is 7.15. The van der Waals surface area contributed by atoms with Crippen LogP contribution in [-0.4, -0.2) is 42.1 Å². The normalized spacial score (nSPS) is 13.1. The van der Waals surface area contributed by atoms with Crippen LogP contribution in [0.2, 0.25) is 0 Å². The van der Waals surface area contributed by atoms with Crippen molar-refractivity contribution in [3.8, 4) is 5.75 Å². The van der Waals surface area contributed by atoms with Crippen molar-refractivity contribution in [1.82, 2.24) is 9.88 Å². The fourth-order valence-electron chi connectivity index (χ4n) is 3.09. The molecule has 0 spiro atoms. The van der Waals surface area contributed by atoms with Crippen LogP contribution in [0.5, 0.6) is 5.75 Å². The van der Waals surface area contributed by atoms with Gasteiger partial charge in [-0.3, -0.25) is 10.1 Å². The molecule has 0 radical (unpaired) electrons. The van der Waals surface area contributed by atoms with Crippen LogP contribution in [0.3, 0.4) is 0 Å². The first kappa shape index (κ1) is 18.2. The number of aromatic nitrogens is 1. The van der Waals surface area contributed by atoms with Gasteiger partial charge in [0.25, 0.3) is 5.91 Å². The minimum Gasteiger partial charge on any atom is -0.484 e. The Hall–Kier alpha value is -3.13. The summed E-state index contributed by atoms with van der Waals surface area (Å²) >= 11 is 1.36. The van der Waals surface area contributed by atoms with Crippen molar-refractivity contribution in [2.24, 2.45) is 0 Å². The number of carbonyl (C=O) groups is 2. The minimum atomic E-state index is -0.553. The third kappa shape index (κ3) is 3.91. The number of nitrogens with one attached hydrogen (secondary N) is 1. The van der Waals surface area contributed by atoms with Crippen LogP contribution in [-0.2, 0) is 22.5 Å². The number of methoxy groups -OCH3 is 1. The Morgan fingerprint density at radius 3 is 2.86 bits per heavy atom. The van der Waals surface area contributed by atoms with Gasteiger partial charge in [-0.05, 0) is 22.9 Å². The molecule has 4 rings (SSSR count). The predicted octanol–water partition coefficient (Wildman–Crippen LogP) is 3.44. The molecular weight excluding hydrogens is 378 g/mol. The van der Waals surface area contributed by atoms with Crippen molar-refractivity contribution in [2.45, 2.75) is 13.0 Å². The fraction of sp³-hybridized carbons (Fsp3) is 0.250. The van der Waals surface area contributed by atoms with E-state index in [4.69, 9.17) is 4.74 Å². The van der Waals surface area contributed by atoms with Gasteiger partial charge in [0, 0.05) is 17.8 Å². The Balaban J connectivity index is 1.37. The molecule has 28 heavy (non-hydrogen) atoms. The standard InChI is InChI=1S/C20H19N3O4S/c1-26-20(25)22-19-21-16-8-9-23(11-17(16)28-19)18(24)12-27-15-7-6-13-4-2-3-5-14(13)10-15/h2-7,10H,8-9,11-12H2,1H3,(H,21,22,25). The lowest BCUT2D eigenvalue weighted by Crippen LogP contribution is -2.38. The van der Waals surface area contributed by atoms with Crippen LogP contribution >= 0.6 is 11.3 Å². The number of rotatable bonds is 4. The molecule has 1 aliphatic rings. The van der Waals surface area contributed by atoms with Gasteiger partial charge in [-0.25, -0.2) is 9.78 Å².